The van der Waals surface area contributed by atoms with Crippen LogP contribution in [0, 0.1) is 0 Å². The van der Waals surface area contributed by atoms with E-state index in [1.54, 1.807) is 80.9 Å². The van der Waals surface area contributed by atoms with E-state index >= 15 is 0 Å². The zero-order valence-corrected chi connectivity index (χ0v) is 27.8. The molecule has 238 valence electrons. The molecule has 8 nitrogen and oxygen atoms in total. The van der Waals surface area contributed by atoms with Crippen LogP contribution in [0.5, 0.6) is 23.0 Å². The van der Waals surface area contributed by atoms with E-state index in [4.69, 9.17) is 37.4 Å². The molecule has 0 saturated carbocycles. The van der Waals surface area contributed by atoms with Gasteiger partial charge in [-0.15, -0.1) is 0 Å². The quantitative estimate of drug-likeness (QED) is 0.135. The van der Waals surface area contributed by atoms with E-state index in [0.29, 0.717) is 49.8 Å². The Bertz CT molecular complexity index is 2090. The number of sulfonamides is 1. The van der Waals surface area contributed by atoms with Crippen molar-refractivity contribution in [3.63, 3.8) is 0 Å². The van der Waals surface area contributed by atoms with Crippen molar-refractivity contribution in [3.05, 3.63) is 137 Å². The van der Waals surface area contributed by atoms with Gasteiger partial charge in [-0.2, -0.15) is 4.31 Å². The molecule has 0 bridgehead atoms. The van der Waals surface area contributed by atoms with Gasteiger partial charge in [-0.25, -0.2) is 18.4 Å². The number of aromatic nitrogens is 2. The molecule has 0 saturated heterocycles. The van der Waals surface area contributed by atoms with E-state index < -0.39 is 10.0 Å². The van der Waals surface area contributed by atoms with Crippen LogP contribution in [0.2, 0.25) is 10.0 Å². The summed E-state index contributed by atoms with van der Waals surface area (Å²) < 4.78 is 46.6. The Balaban J connectivity index is 1.31. The molecular weight excluding hydrogens is 657 g/mol. The number of halogens is 2. The largest absolute Gasteiger partial charge is 0.497 e. The monoisotopic (exact) mass is 685 g/mol. The molecule has 6 rings (SSSR count). The summed E-state index contributed by atoms with van der Waals surface area (Å²) >= 11 is 13.0. The second-order valence-corrected chi connectivity index (χ2v) is 13.3. The van der Waals surface area contributed by atoms with Gasteiger partial charge < -0.3 is 14.2 Å². The summed E-state index contributed by atoms with van der Waals surface area (Å²) in [5.41, 5.74) is 3.43. The lowest BCUT2D eigenvalue weighted by molar-refractivity contribution is 0.397. The summed E-state index contributed by atoms with van der Waals surface area (Å²) in [5.74, 6) is 2.15. The van der Waals surface area contributed by atoms with Crippen molar-refractivity contribution in [1.29, 1.82) is 0 Å². The van der Waals surface area contributed by atoms with Crippen LogP contribution < -0.4 is 14.2 Å². The van der Waals surface area contributed by atoms with E-state index in [1.165, 1.54) is 16.7 Å². The number of hydrogen-bond acceptors (Lipinski definition) is 7. The summed E-state index contributed by atoms with van der Waals surface area (Å²) in [6.07, 6.45) is 1.44. The number of nitrogens with zero attached hydrogens (tertiary/aromatic N) is 3. The van der Waals surface area contributed by atoms with Crippen LogP contribution in [0.1, 0.15) is 11.1 Å². The predicted molar refractivity (Wildman–Crippen MR) is 184 cm³/mol. The van der Waals surface area contributed by atoms with Crippen molar-refractivity contribution in [2.75, 3.05) is 14.2 Å². The zero-order valence-electron chi connectivity index (χ0n) is 25.4. The van der Waals surface area contributed by atoms with Crippen molar-refractivity contribution >= 4 is 44.1 Å². The summed E-state index contributed by atoms with van der Waals surface area (Å²) in [6.45, 7) is 0.280. The molecule has 1 aromatic heterocycles. The van der Waals surface area contributed by atoms with Crippen LogP contribution in [-0.4, -0.2) is 36.9 Å². The normalized spacial score (nSPS) is 11.5. The van der Waals surface area contributed by atoms with Gasteiger partial charge in [0, 0.05) is 30.1 Å². The second-order valence-electron chi connectivity index (χ2n) is 10.5. The van der Waals surface area contributed by atoms with E-state index in [-0.39, 0.29) is 18.0 Å². The van der Waals surface area contributed by atoms with E-state index in [9.17, 15) is 8.42 Å². The molecule has 47 heavy (non-hydrogen) atoms. The summed E-state index contributed by atoms with van der Waals surface area (Å²) in [4.78, 5) is 8.87. The Hall–Kier alpha value is -4.67. The molecule has 0 aliphatic carbocycles. The van der Waals surface area contributed by atoms with Crippen molar-refractivity contribution in [2.24, 2.45) is 0 Å². The number of ether oxygens (including phenoxy) is 3. The van der Waals surface area contributed by atoms with Gasteiger partial charge in [-0.1, -0.05) is 65.7 Å². The molecule has 0 aliphatic rings. The first kappa shape index (κ1) is 32.3. The molecule has 6 aromatic rings. The van der Waals surface area contributed by atoms with Gasteiger partial charge in [0.15, 0.2) is 0 Å². The number of rotatable bonds is 11. The SMILES string of the molecule is COc1ccc(CN(Cc2ccc(OC)cc2)S(=O)(=O)c2cccc(Oc3ccc(Cl)c(-c4ncnc5c(Cl)cccc45)c3)c2)cc1. The summed E-state index contributed by atoms with van der Waals surface area (Å²) in [5, 5.41) is 1.70. The smallest absolute Gasteiger partial charge is 0.243 e. The third kappa shape index (κ3) is 7.18. The average Bonchev–Trinajstić information content (AvgIpc) is 3.09. The van der Waals surface area contributed by atoms with E-state index in [0.717, 1.165) is 16.5 Å². The van der Waals surface area contributed by atoms with E-state index in [1.807, 2.05) is 36.4 Å². The number of methoxy groups -OCH3 is 2. The highest BCUT2D eigenvalue weighted by molar-refractivity contribution is 7.89. The van der Waals surface area contributed by atoms with Gasteiger partial charge in [-0.3, -0.25) is 0 Å². The molecule has 0 amide bonds. The Morgan fingerprint density at radius 3 is 1.89 bits per heavy atom. The van der Waals surface area contributed by atoms with Crippen LogP contribution in [0.15, 0.2) is 120 Å². The van der Waals surface area contributed by atoms with Gasteiger partial charge in [0.25, 0.3) is 0 Å². The maximum atomic E-state index is 14.2. The molecule has 5 aromatic carbocycles. The Morgan fingerprint density at radius 2 is 1.26 bits per heavy atom. The summed E-state index contributed by atoms with van der Waals surface area (Å²) in [7, 11) is -0.816. The van der Waals surface area contributed by atoms with Crippen molar-refractivity contribution in [2.45, 2.75) is 18.0 Å². The first-order chi connectivity index (χ1) is 22.7. The van der Waals surface area contributed by atoms with Crippen LogP contribution in [0.4, 0.5) is 0 Å². The number of benzene rings is 5. The van der Waals surface area contributed by atoms with Gasteiger partial charge >= 0.3 is 0 Å². The maximum Gasteiger partial charge on any atom is 0.243 e. The number of hydrogen-bond donors (Lipinski definition) is 0. The molecule has 11 heteroatoms. The lowest BCUT2D eigenvalue weighted by Gasteiger charge is -2.23. The van der Waals surface area contributed by atoms with Crippen LogP contribution in [-0.2, 0) is 23.1 Å². The first-order valence-corrected chi connectivity index (χ1v) is 16.7. The molecule has 0 atom stereocenters. The van der Waals surface area contributed by atoms with Crippen LogP contribution in [0.3, 0.4) is 0 Å². The fourth-order valence-corrected chi connectivity index (χ4v) is 6.98. The Labute approximate surface area is 283 Å². The number of para-hydroxylation sites is 1. The van der Waals surface area contributed by atoms with Gasteiger partial charge in [0.2, 0.25) is 10.0 Å². The third-order valence-corrected chi connectivity index (χ3v) is 9.95. The second kappa shape index (κ2) is 14.0. The zero-order chi connectivity index (χ0) is 33.0. The van der Waals surface area contributed by atoms with Crippen LogP contribution in [0.25, 0.3) is 22.2 Å². The predicted octanol–water partition coefficient (Wildman–Crippen LogP) is 8.80. The van der Waals surface area contributed by atoms with Crippen LogP contribution >= 0.6 is 23.2 Å². The molecule has 0 radical (unpaired) electrons. The highest BCUT2D eigenvalue weighted by Crippen LogP contribution is 2.37. The molecular formula is C36H29Cl2N3O5S. The lowest BCUT2D eigenvalue weighted by atomic mass is 10.1. The summed E-state index contributed by atoms with van der Waals surface area (Å²) in [6, 6.07) is 31.7. The number of fused-ring (bicyclic) bond motifs is 1. The Morgan fingerprint density at radius 1 is 0.660 bits per heavy atom. The molecule has 1 heterocycles. The van der Waals surface area contributed by atoms with Gasteiger partial charge in [0.05, 0.1) is 40.4 Å². The first-order valence-electron chi connectivity index (χ1n) is 14.5. The van der Waals surface area contributed by atoms with E-state index in [2.05, 4.69) is 9.97 Å². The highest BCUT2D eigenvalue weighted by Gasteiger charge is 2.26. The average molecular weight is 687 g/mol. The van der Waals surface area contributed by atoms with Gasteiger partial charge in [-0.05, 0) is 71.8 Å². The standard InChI is InChI=1S/C36H29Cl2N3O5S/c1-44-26-13-9-24(10-14-26)21-41(22-25-11-15-27(45-2)16-12-25)47(42,43)30-6-3-5-28(19-30)46-29-17-18-33(37)32(20-29)35-31-7-4-8-34(38)36(31)40-23-39-35/h3-20,23H,21-22H2,1-2H3. The fraction of sp³-hybridized carbons (Fsp3) is 0.111. The molecule has 0 unspecified atom stereocenters. The van der Waals surface area contributed by atoms with Crippen molar-refractivity contribution < 1.29 is 22.6 Å². The highest BCUT2D eigenvalue weighted by atomic mass is 35.5. The lowest BCUT2D eigenvalue weighted by Crippen LogP contribution is -2.30. The molecule has 0 fully saturated rings. The third-order valence-electron chi connectivity index (χ3n) is 7.52. The minimum absolute atomic E-state index is 0.0858. The molecule has 0 spiro atoms. The minimum atomic E-state index is -3.99. The maximum absolute atomic E-state index is 14.2. The molecule has 0 N–H and O–H groups in total. The van der Waals surface area contributed by atoms with Crippen molar-refractivity contribution in [1.82, 2.24) is 14.3 Å². The Kier molecular flexibility index (Phi) is 9.60. The van der Waals surface area contributed by atoms with Gasteiger partial charge in [0.1, 0.15) is 29.3 Å². The minimum Gasteiger partial charge on any atom is -0.497 e. The van der Waals surface area contributed by atoms with Crippen molar-refractivity contribution in [3.8, 4) is 34.3 Å². The topological polar surface area (TPSA) is 90.9 Å². The molecule has 0 aliphatic heterocycles. The fourth-order valence-electron chi connectivity index (χ4n) is 5.09.